The van der Waals surface area contributed by atoms with Gasteiger partial charge in [0.2, 0.25) is 10.0 Å². The highest BCUT2D eigenvalue weighted by Crippen LogP contribution is 2.45. The fraction of sp³-hybridized carbons (Fsp3) is 0.433. The Kier molecular flexibility index (Phi) is 9.98. The number of morpholine rings is 1. The van der Waals surface area contributed by atoms with Crippen LogP contribution in [0.3, 0.4) is 0 Å². The van der Waals surface area contributed by atoms with Gasteiger partial charge in [0.05, 0.1) is 31.1 Å². The zero-order chi connectivity index (χ0) is 29.7. The Labute approximate surface area is 239 Å². The number of benzene rings is 2. The molecule has 0 bridgehead atoms. The maximum absolute atomic E-state index is 14.4. The highest BCUT2D eigenvalue weighted by atomic mass is 32.2. The molecule has 2 atom stereocenters. The number of rotatable bonds is 12. The predicted octanol–water partition coefficient (Wildman–Crippen LogP) is 2.75. The fourth-order valence-corrected chi connectivity index (χ4v) is 7.33. The van der Waals surface area contributed by atoms with Gasteiger partial charge in [-0.2, -0.15) is 4.31 Å². The van der Waals surface area contributed by atoms with Crippen LogP contribution < -0.4 is 5.11 Å². The van der Waals surface area contributed by atoms with Gasteiger partial charge in [0, 0.05) is 43.3 Å². The third kappa shape index (κ3) is 7.04. The molecule has 11 heteroatoms. The molecule has 1 aromatic heterocycles. The van der Waals surface area contributed by atoms with Gasteiger partial charge in [-0.25, -0.2) is 12.8 Å². The van der Waals surface area contributed by atoms with Crippen LogP contribution in [0.4, 0.5) is 4.39 Å². The smallest absolute Gasteiger partial charge is 0.245 e. The van der Waals surface area contributed by atoms with Crippen molar-refractivity contribution < 1.29 is 37.7 Å². The number of aliphatic hydroxyl groups is 2. The molecule has 2 heterocycles. The van der Waals surface area contributed by atoms with Crippen LogP contribution in [0.5, 0.6) is 0 Å². The molecule has 1 fully saturated rings. The van der Waals surface area contributed by atoms with Gasteiger partial charge in [-0.15, -0.1) is 0 Å². The van der Waals surface area contributed by atoms with E-state index in [0.29, 0.717) is 28.1 Å². The Bertz CT molecular complexity index is 1430. The van der Waals surface area contributed by atoms with Crippen molar-refractivity contribution >= 4 is 16.0 Å². The standard InChI is InChI=1S/C30H37FN2O7S/c1-20(2)28-30(41(38,39)32-14-16-40-17-15-32)27(21-6-4-3-5-7-21)29(22-8-10-23(31)11-9-22)33(28)13-12-24(34)18-25(35)19-26(36)37/h3-11,20,24-25,34-35H,12-19H2,1-2H3,(H,36,37)/p-1/t24-,25-/m1/s1. The quantitative estimate of drug-likeness (QED) is 0.333. The van der Waals surface area contributed by atoms with E-state index in [-0.39, 0.29) is 56.5 Å². The number of aliphatic carboxylic acids is 1. The molecule has 0 spiro atoms. The van der Waals surface area contributed by atoms with Crippen molar-refractivity contribution in [2.75, 3.05) is 26.3 Å². The number of hydrogen-bond acceptors (Lipinski definition) is 7. The summed E-state index contributed by atoms with van der Waals surface area (Å²) >= 11 is 0. The highest BCUT2D eigenvalue weighted by molar-refractivity contribution is 7.89. The molecular formula is C30H36FN2O7S-. The molecule has 0 amide bonds. The monoisotopic (exact) mass is 587 g/mol. The molecule has 0 unspecified atom stereocenters. The summed E-state index contributed by atoms with van der Waals surface area (Å²) in [4.78, 5) is 11.0. The van der Waals surface area contributed by atoms with E-state index in [9.17, 15) is 32.9 Å². The van der Waals surface area contributed by atoms with Crippen molar-refractivity contribution in [2.24, 2.45) is 0 Å². The molecule has 1 aliphatic heterocycles. The lowest BCUT2D eigenvalue weighted by atomic mass is 10.0. The highest BCUT2D eigenvalue weighted by Gasteiger charge is 2.37. The number of ether oxygens (including phenoxy) is 1. The van der Waals surface area contributed by atoms with Crippen LogP contribution in [0.1, 0.15) is 44.7 Å². The number of sulfonamides is 1. The molecule has 0 saturated carbocycles. The Hall–Kier alpha value is -3.09. The van der Waals surface area contributed by atoms with Crippen LogP contribution in [-0.2, 0) is 26.1 Å². The molecule has 4 rings (SSSR count). The Balaban J connectivity index is 1.94. The molecule has 9 nitrogen and oxygen atoms in total. The van der Waals surface area contributed by atoms with E-state index in [4.69, 9.17) is 4.74 Å². The van der Waals surface area contributed by atoms with E-state index in [0.717, 1.165) is 0 Å². The van der Waals surface area contributed by atoms with Gasteiger partial charge >= 0.3 is 0 Å². The number of nitrogens with zero attached hydrogens (tertiary/aromatic N) is 2. The largest absolute Gasteiger partial charge is 0.550 e. The minimum Gasteiger partial charge on any atom is -0.550 e. The molecule has 2 N–H and O–H groups in total. The number of aliphatic hydroxyl groups excluding tert-OH is 2. The summed E-state index contributed by atoms with van der Waals surface area (Å²) in [6, 6.07) is 15.0. The zero-order valence-corrected chi connectivity index (χ0v) is 24.0. The van der Waals surface area contributed by atoms with Crippen molar-refractivity contribution in [1.82, 2.24) is 8.87 Å². The first kappa shape index (κ1) is 30.9. The van der Waals surface area contributed by atoms with E-state index in [1.165, 1.54) is 16.4 Å². The summed E-state index contributed by atoms with van der Waals surface area (Å²) in [6.07, 6.45) is -3.01. The Morgan fingerprint density at radius 3 is 2.22 bits per heavy atom. The molecule has 222 valence electrons. The summed E-state index contributed by atoms with van der Waals surface area (Å²) < 4.78 is 51.5. The number of hydrogen-bond donors (Lipinski definition) is 2. The molecule has 1 saturated heterocycles. The second kappa shape index (κ2) is 13.3. The van der Waals surface area contributed by atoms with Crippen LogP contribution in [-0.4, -0.2) is 72.0 Å². The van der Waals surface area contributed by atoms with Crippen LogP contribution in [0.2, 0.25) is 0 Å². The molecule has 3 aromatic rings. The molecule has 0 radical (unpaired) electrons. The minimum atomic E-state index is -4.02. The van der Waals surface area contributed by atoms with E-state index < -0.39 is 40.4 Å². The van der Waals surface area contributed by atoms with Gasteiger partial charge in [-0.05, 0) is 54.2 Å². The van der Waals surface area contributed by atoms with E-state index in [1.807, 2.05) is 48.7 Å². The maximum Gasteiger partial charge on any atom is 0.245 e. The zero-order valence-electron chi connectivity index (χ0n) is 23.2. The number of carbonyl (C=O) groups is 1. The van der Waals surface area contributed by atoms with Gasteiger partial charge in [0.1, 0.15) is 10.7 Å². The molecular weight excluding hydrogens is 551 g/mol. The maximum atomic E-state index is 14.4. The van der Waals surface area contributed by atoms with Crippen molar-refractivity contribution in [3.63, 3.8) is 0 Å². The number of carboxylic acid groups (broad SMARTS) is 1. The van der Waals surface area contributed by atoms with E-state index in [1.54, 1.807) is 12.1 Å². The summed E-state index contributed by atoms with van der Waals surface area (Å²) in [6.45, 7) is 4.94. The SMILES string of the molecule is CC(C)c1c(S(=O)(=O)N2CCOCC2)c(-c2ccccc2)c(-c2ccc(F)cc2)n1CC[C@@H](O)C[C@@H](O)CC(=O)[O-]. The second-order valence-corrected chi connectivity index (χ2v) is 12.4. The van der Waals surface area contributed by atoms with Crippen molar-refractivity contribution in [2.45, 2.75) is 62.7 Å². The summed E-state index contributed by atoms with van der Waals surface area (Å²) in [5, 5.41) is 31.6. The van der Waals surface area contributed by atoms with Gasteiger partial charge < -0.3 is 29.4 Å². The average molecular weight is 588 g/mol. The number of aromatic nitrogens is 1. The summed E-state index contributed by atoms with van der Waals surface area (Å²) in [5.74, 6) is -2.12. The van der Waals surface area contributed by atoms with Crippen LogP contribution in [0.25, 0.3) is 22.4 Å². The molecule has 41 heavy (non-hydrogen) atoms. The van der Waals surface area contributed by atoms with Gasteiger partial charge in [-0.1, -0.05) is 44.2 Å². The topological polar surface area (TPSA) is 132 Å². The number of carboxylic acids is 1. The Morgan fingerprint density at radius 2 is 1.63 bits per heavy atom. The number of carbonyl (C=O) groups excluding carboxylic acids is 1. The van der Waals surface area contributed by atoms with Crippen molar-refractivity contribution in [1.29, 1.82) is 0 Å². The third-order valence-corrected chi connectivity index (χ3v) is 9.16. The van der Waals surface area contributed by atoms with Crippen LogP contribution in [0, 0.1) is 5.82 Å². The van der Waals surface area contributed by atoms with Crippen molar-refractivity contribution in [3.8, 4) is 22.4 Å². The molecule has 0 aliphatic carbocycles. The van der Waals surface area contributed by atoms with E-state index in [2.05, 4.69) is 0 Å². The third-order valence-electron chi connectivity index (χ3n) is 7.18. The molecule has 2 aromatic carbocycles. The van der Waals surface area contributed by atoms with Gasteiger partial charge in [0.25, 0.3) is 0 Å². The van der Waals surface area contributed by atoms with Crippen LogP contribution >= 0.6 is 0 Å². The number of halogens is 1. The van der Waals surface area contributed by atoms with Gasteiger partial charge in [-0.3, -0.25) is 0 Å². The Morgan fingerprint density at radius 1 is 1.00 bits per heavy atom. The summed E-state index contributed by atoms with van der Waals surface area (Å²) in [7, 11) is -4.02. The molecule has 1 aliphatic rings. The van der Waals surface area contributed by atoms with Gasteiger partial charge in [0.15, 0.2) is 0 Å². The van der Waals surface area contributed by atoms with E-state index >= 15 is 0 Å². The lowest BCUT2D eigenvalue weighted by Gasteiger charge is -2.27. The van der Waals surface area contributed by atoms with Crippen molar-refractivity contribution in [3.05, 3.63) is 66.1 Å². The first-order chi connectivity index (χ1) is 19.5. The predicted molar refractivity (Wildman–Crippen MR) is 150 cm³/mol. The minimum absolute atomic E-state index is 0.109. The summed E-state index contributed by atoms with van der Waals surface area (Å²) in [5.41, 5.74) is 2.86. The lowest BCUT2D eigenvalue weighted by Crippen LogP contribution is -2.41. The second-order valence-electron chi connectivity index (χ2n) is 10.5. The first-order valence-corrected chi connectivity index (χ1v) is 15.2. The lowest BCUT2D eigenvalue weighted by molar-refractivity contribution is -0.307. The normalized spacial score (nSPS) is 16.1. The first-order valence-electron chi connectivity index (χ1n) is 13.7. The fourth-order valence-electron chi connectivity index (χ4n) is 5.36. The van der Waals surface area contributed by atoms with Crippen LogP contribution in [0.15, 0.2) is 59.5 Å². The average Bonchev–Trinajstić information content (AvgIpc) is 3.29.